The number of fused-ring (bicyclic) bond motifs is 1. The van der Waals surface area contributed by atoms with Crippen molar-refractivity contribution in [2.24, 2.45) is 0 Å². The van der Waals surface area contributed by atoms with E-state index in [0.717, 1.165) is 20.9 Å². The van der Waals surface area contributed by atoms with Crippen molar-refractivity contribution in [2.45, 2.75) is 13.0 Å². The maximum absolute atomic E-state index is 9.58. The van der Waals surface area contributed by atoms with Gasteiger partial charge in [0.2, 0.25) is 0 Å². The van der Waals surface area contributed by atoms with Gasteiger partial charge in [0.15, 0.2) is 0 Å². The monoisotopic (exact) mass is 343 g/mol. The van der Waals surface area contributed by atoms with Crippen LogP contribution in [0.25, 0.3) is 10.9 Å². The summed E-state index contributed by atoms with van der Waals surface area (Å²) in [5.41, 5.74) is 1.78. The van der Waals surface area contributed by atoms with Gasteiger partial charge in [0, 0.05) is 5.39 Å². The second-order valence-electron chi connectivity index (χ2n) is 4.83. The molecule has 0 aliphatic heterocycles. The summed E-state index contributed by atoms with van der Waals surface area (Å²) in [7, 11) is 0. The van der Waals surface area contributed by atoms with Crippen molar-refractivity contribution in [3.05, 3.63) is 64.8 Å². The number of rotatable bonds is 3. The van der Waals surface area contributed by atoms with Gasteiger partial charge in [-0.15, -0.1) is 0 Å². The lowest BCUT2D eigenvalue weighted by Crippen LogP contribution is -1.93. The summed E-state index contributed by atoms with van der Waals surface area (Å²) in [6.45, 7) is 1.73. The fourth-order valence-electron chi connectivity index (χ4n) is 2.09. The van der Waals surface area contributed by atoms with Crippen LogP contribution in [0.1, 0.15) is 18.6 Å². The summed E-state index contributed by atoms with van der Waals surface area (Å²) < 4.78 is 6.66. The van der Waals surface area contributed by atoms with Crippen LogP contribution in [0.5, 0.6) is 11.5 Å². The summed E-state index contributed by atoms with van der Waals surface area (Å²) in [5, 5.41) is 10.6. The minimum atomic E-state index is -0.502. The second-order valence-corrected chi connectivity index (χ2v) is 5.69. The molecule has 0 saturated carbocycles. The van der Waals surface area contributed by atoms with Gasteiger partial charge in [-0.25, -0.2) is 0 Å². The lowest BCUT2D eigenvalue weighted by molar-refractivity contribution is 0.199. The molecule has 0 spiro atoms. The van der Waals surface area contributed by atoms with Crippen LogP contribution in [0.15, 0.2) is 59.2 Å². The molecule has 21 heavy (non-hydrogen) atoms. The van der Waals surface area contributed by atoms with E-state index in [1.165, 1.54) is 0 Å². The second kappa shape index (κ2) is 5.84. The highest BCUT2D eigenvalue weighted by atomic mass is 79.9. The number of aliphatic hydroxyl groups is 1. The van der Waals surface area contributed by atoms with Crippen LogP contribution in [0.4, 0.5) is 0 Å². The van der Waals surface area contributed by atoms with Crippen LogP contribution in [0, 0.1) is 0 Å². The van der Waals surface area contributed by atoms with Crippen molar-refractivity contribution < 1.29 is 9.84 Å². The standard InChI is InChI=1S/C17H14BrNO2/c1-11(20)12-6-7-17(15(18)9-12)21-14-8-13-4-2-3-5-16(13)19-10-14/h2-11,20H,1H3/t11-/m0/s1. The first-order valence-electron chi connectivity index (χ1n) is 6.63. The van der Waals surface area contributed by atoms with E-state index in [9.17, 15) is 5.11 Å². The number of hydrogen-bond donors (Lipinski definition) is 1. The molecule has 0 fully saturated rings. The molecule has 0 aliphatic rings. The molecule has 0 aliphatic carbocycles. The molecule has 0 amide bonds. The van der Waals surface area contributed by atoms with Gasteiger partial charge >= 0.3 is 0 Å². The number of para-hydroxylation sites is 1. The van der Waals surface area contributed by atoms with E-state index in [4.69, 9.17) is 4.74 Å². The highest BCUT2D eigenvalue weighted by Crippen LogP contribution is 2.32. The van der Waals surface area contributed by atoms with Gasteiger partial charge in [-0.05, 0) is 52.7 Å². The average Bonchev–Trinajstić information content (AvgIpc) is 2.49. The fourth-order valence-corrected chi connectivity index (χ4v) is 2.57. The van der Waals surface area contributed by atoms with Gasteiger partial charge in [-0.2, -0.15) is 0 Å². The molecule has 2 aromatic carbocycles. The third-order valence-electron chi connectivity index (χ3n) is 3.23. The van der Waals surface area contributed by atoms with Gasteiger partial charge < -0.3 is 9.84 Å². The zero-order valence-corrected chi connectivity index (χ0v) is 13.0. The van der Waals surface area contributed by atoms with Crippen molar-refractivity contribution >= 4 is 26.8 Å². The Kier molecular flexibility index (Phi) is 3.90. The summed E-state index contributed by atoms with van der Waals surface area (Å²) in [5.74, 6) is 1.37. The summed E-state index contributed by atoms with van der Waals surface area (Å²) in [4.78, 5) is 4.37. The largest absolute Gasteiger partial charge is 0.455 e. The van der Waals surface area contributed by atoms with Gasteiger partial charge in [0.25, 0.3) is 0 Å². The first-order chi connectivity index (χ1) is 10.1. The van der Waals surface area contributed by atoms with E-state index in [2.05, 4.69) is 20.9 Å². The van der Waals surface area contributed by atoms with E-state index in [1.54, 1.807) is 13.1 Å². The van der Waals surface area contributed by atoms with Crippen LogP contribution >= 0.6 is 15.9 Å². The van der Waals surface area contributed by atoms with E-state index >= 15 is 0 Å². The van der Waals surface area contributed by atoms with Gasteiger partial charge in [0.05, 0.1) is 22.3 Å². The zero-order valence-electron chi connectivity index (χ0n) is 11.5. The SMILES string of the molecule is C[C@H](O)c1ccc(Oc2cnc3ccccc3c2)c(Br)c1. The highest BCUT2D eigenvalue weighted by Gasteiger charge is 2.08. The third-order valence-corrected chi connectivity index (χ3v) is 3.85. The predicted molar refractivity (Wildman–Crippen MR) is 86.6 cm³/mol. The van der Waals surface area contributed by atoms with E-state index < -0.39 is 6.10 Å². The average molecular weight is 344 g/mol. The summed E-state index contributed by atoms with van der Waals surface area (Å²) >= 11 is 3.47. The molecule has 1 atom stereocenters. The molecule has 1 N–H and O–H groups in total. The summed E-state index contributed by atoms with van der Waals surface area (Å²) in [6.07, 6.45) is 1.20. The van der Waals surface area contributed by atoms with Gasteiger partial charge in [-0.3, -0.25) is 4.98 Å². The minimum absolute atomic E-state index is 0.502. The lowest BCUT2D eigenvalue weighted by Gasteiger charge is -2.11. The molecule has 0 bridgehead atoms. The Morgan fingerprint density at radius 1 is 1.14 bits per heavy atom. The smallest absolute Gasteiger partial charge is 0.146 e. The maximum Gasteiger partial charge on any atom is 0.146 e. The number of aliphatic hydroxyl groups excluding tert-OH is 1. The lowest BCUT2D eigenvalue weighted by atomic mass is 10.1. The minimum Gasteiger partial charge on any atom is -0.455 e. The number of hydrogen-bond acceptors (Lipinski definition) is 3. The van der Waals surface area contributed by atoms with Crippen molar-refractivity contribution in [1.29, 1.82) is 0 Å². The molecule has 106 valence electrons. The number of benzene rings is 2. The quantitative estimate of drug-likeness (QED) is 0.739. The van der Waals surface area contributed by atoms with Gasteiger partial charge in [0.1, 0.15) is 11.5 Å². The number of halogens is 1. The molecule has 1 heterocycles. The predicted octanol–water partition coefficient (Wildman–Crippen LogP) is 4.84. The van der Waals surface area contributed by atoms with E-state index in [0.29, 0.717) is 11.5 Å². The normalized spacial score (nSPS) is 12.3. The first kappa shape index (κ1) is 14.0. The number of ether oxygens (including phenoxy) is 1. The number of aromatic nitrogens is 1. The Morgan fingerprint density at radius 2 is 1.95 bits per heavy atom. The molecule has 3 rings (SSSR count). The van der Waals surface area contributed by atoms with E-state index in [1.807, 2.05) is 48.5 Å². The Balaban J connectivity index is 1.91. The molecule has 0 unspecified atom stereocenters. The molecular weight excluding hydrogens is 330 g/mol. The third kappa shape index (κ3) is 3.06. The van der Waals surface area contributed by atoms with Crippen LogP contribution in [-0.4, -0.2) is 10.1 Å². The molecule has 3 nitrogen and oxygen atoms in total. The molecule has 3 aromatic rings. The topological polar surface area (TPSA) is 42.4 Å². The molecule has 0 saturated heterocycles. The van der Waals surface area contributed by atoms with Crippen LogP contribution in [-0.2, 0) is 0 Å². The van der Waals surface area contributed by atoms with Crippen molar-refractivity contribution in [3.8, 4) is 11.5 Å². The molecular formula is C17H14BrNO2. The van der Waals surface area contributed by atoms with Crippen molar-refractivity contribution in [1.82, 2.24) is 4.98 Å². The number of pyridine rings is 1. The van der Waals surface area contributed by atoms with Crippen LogP contribution in [0.3, 0.4) is 0 Å². The Labute approximate surface area is 131 Å². The first-order valence-corrected chi connectivity index (χ1v) is 7.43. The summed E-state index contributed by atoms with van der Waals surface area (Å²) in [6, 6.07) is 15.4. The number of nitrogens with zero attached hydrogens (tertiary/aromatic N) is 1. The molecule has 4 heteroatoms. The Morgan fingerprint density at radius 3 is 2.71 bits per heavy atom. The Hall–Kier alpha value is -1.91. The fraction of sp³-hybridized carbons (Fsp3) is 0.118. The van der Waals surface area contributed by atoms with Crippen LogP contribution in [0.2, 0.25) is 0 Å². The highest BCUT2D eigenvalue weighted by molar-refractivity contribution is 9.10. The van der Waals surface area contributed by atoms with E-state index in [-0.39, 0.29) is 0 Å². The van der Waals surface area contributed by atoms with Crippen LogP contribution < -0.4 is 4.74 Å². The van der Waals surface area contributed by atoms with Gasteiger partial charge in [-0.1, -0.05) is 24.3 Å². The maximum atomic E-state index is 9.58. The van der Waals surface area contributed by atoms with Crippen molar-refractivity contribution in [2.75, 3.05) is 0 Å². The Bertz CT molecular complexity index is 787. The molecule has 0 radical (unpaired) electrons. The zero-order chi connectivity index (χ0) is 14.8. The molecule has 1 aromatic heterocycles. The van der Waals surface area contributed by atoms with Crippen molar-refractivity contribution in [3.63, 3.8) is 0 Å².